The molecule has 0 radical (unpaired) electrons. The standard InChI is InChI=1S/C10H9NS/c1-3-10-11-8-5-4-7(2)6-9(8)12-10/h3-6H,1H2,2H3. The van der Waals surface area contributed by atoms with Crippen LogP contribution in [0.2, 0.25) is 0 Å². The van der Waals surface area contributed by atoms with Crippen LogP contribution < -0.4 is 0 Å². The average Bonchev–Trinajstić information content (AvgIpc) is 2.46. The lowest BCUT2D eigenvalue weighted by Gasteiger charge is -1.88. The Labute approximate surface area is 75.4 Å². The van der Waals surface area contributed by atoms with E-state index in [1.165, 1.54) is 10.3 Å². The highest BCUT2D eigenvalue weighted by atomic mass is 32.1. The zero-order valence-corrected chi connectivity index (χ0v) is 7.69. The highest BCUT2D eigenvalue weighted by Gasteiger charge is 1.99. The molecule has 0 unspecified atom stereocenters. The van der Waals surface area contributed by atoms with Gasteiger partial charge in [0, 0.05) is 0 Å². The van der Waals surface area contributed by atoms with Crippen molar-refractivity contribution in [2.45, 2.75) is 6.92 Å². The third-order valence-corrected chi connectivity index (χ3v) is 2.75. The molecule has 0 amide bonds. The van der Waals surface area contributed by atoms with E-state index in [9.17, 15) is 0 Å². The highest BCUT2D eigenvalue weighted by Crippen LogP contribution is 2.23. The van der Waals surface area contributed by atoms with E-state index in [2.05, 4.69) is 30.6 Å². The molecule has 60 valence electrons. The van der Waals surface area contributed by atoms with Gasteiger partial charge in [-0.3, -0.25) is 0 Å². The van der Waals surface area contributed by atoms with Crippen LogP contribution in [-0.2, 0) is 0 Å². The van der Waals surface area contributed by atoms with E-state index in [1.54, 1.807) is 17.4 Å². The maximum absolute atomic E-state index is 4.37. The van der Waals surface area contributed by atoms with Gasteiger partial charge in [0.05, 0.1) is 10.2 Å². The van der Waals surface area contributed by atoms with E-state index in [0.29, 0.717) is 0 Å². The normalized spacial score (nSPS) is 10.4. The van der Waals surface area contributed by atoms with Gasteiger partial charge in [-0.1, -0.05) is 12.6 Å². The van der Waals surface area contributed by atoms with E-state index >= 15 is 0 Å². The fourth-order valence-corrected chi connectivity index (χ4v) is 2.05. The fourth-order valence-electron chi connectivity index (χ4n) is 1.14. The molecule has 0 saturated heterocycles. The van der Waals surface area contributed by atoms with Crippen molar-refractivity contribution in [2.75, 3.05) is 0 Å². The van der Waals surface area contributed by atoms with Crippen LogP contribution in [0.5, 0.6) is 0 Å². The molecule has 2 aromatic rings. The van der Waals surface area contributed by atoms with E-state index in [0.717, 1.165) is 10.5 Å². The van der Waals surface area contributed by atoms with Gasteiger partial charge in [-0.25, -0.2) is 4.98 Å². The lowest BCUT2D eigenvalue weighted by molar-refractivity contribution is 1.44. The first-order chi connectivity index (χ1) is 5.79. The van der Waals surface area contributed by atoms with Crippen LogP contribution in [0, 0.1) is 6.92 Å². The molecule has 0 aliphatic heterocycles. The van der Waals surface area contributed by atoms with Crippen molar-refractivity contribution in [1.29, 1.82) is 0 Å². The molecule has 1 aromatic carbocycles. The minimum absolute atomic E-state index is 0.996. The van der Waals surface area contributed by atoms with Gasteiger partial charge in [-0.2, -0.15) is 0 Å². The summed E-state index contributed by atoms with van der Waals surface area (Å²) in [5, 5.41) is 0.996. The SMILES string of the molecule is C=Cc1nc2ccc(C)cc2s1. The Balaban J connectivity index is 2.75. The minimum Gasteiger partial charge on any atom is -0.237 e. The Morgan fingerprint density at radius 3 is 3.08 bits per heavy atom. The number of nitrogens with zero attached hydrogens (tertiary/aromatic N) is 1. The van der Waals surface area contributed by atoms with Crippen molar-refractivity contribution in [3.8, 4) is 0 Å². The quantitative estimate of drug-likeness (QED) is 0.648. The third-order valence-electron chi connectivity index (χ3n) is 1.74. The van der Waals surface area contributed by atoms with Gasteiger partial charge >= 0.3 is 0 Å². The Hall–Kier alpha value is -1.15. The van der Waals surface area contributed by atoms with Crippen LogP contribution in [-0.4, -0.2) is 4.98 Å². The van der Waals surface area contributed by atoms with Crippen molar-refractivity contribution < 1.29 is 0 Å². The Bertz CT molecular complexity index is 428. The van der Waals surface area contributed by atoms with Gasteiger partial charge in [0.2, 0.25) is 0 Å². The summed E-state index contributed by atoms with van der Waals surface area (Å²) >= 11 is 1.68. The molecule has 0 atom stereocenters. The predicted molar refractivity (Wildman–Crippen MR) is 54.4 cm³/mol. The van der Waals surface area contributed by atoms with Gasteiger partial charge in [-0.15, -0.1) is 11.3 Å². The molecule has 1 nitrogen and oxygen atoms in total. The van der Waals surface area contributed by atoms with Crippen molar-refractivity contribution >= 4 is 27.6 Å². The summed E-state index contributed by atoms with van der Waals surface area (Å²) in [7, 11) is 0. The molecule has 1 heterocycles. The first-order valence-corrected chi connectivity index (χ1v) is 4.61. The molecule has 0 saturated carbocycles. The summed E-state index contributed by atoms with van der Waals surface area (Å²) in [6.07, 6.45) is 1.79. The van der Waals surface area contributed by atoms with Crippen LogP contribution in [0.4, 0.5) is 0 Å². The first kappa shape index (κ1) is 7.50. The molecule has 0 fully saturated rings. The number of thiazole rings is 1. The van der Waals surface area contributed by atoms with Gasteiger partial charge < -0.3 is 0 Å². The molecule has 0 aliphatic carbocycles. The third kappa shape index (κ3) is 1.14. The van der Waals surface area contributed by atoms with Crippen molar-refractivity contribution in [3.05, 3.63) is 35.3 Å². The molecular formula is C10H9NS. The van der Waals surface area contributed by atoms with Crippen LogP contribution in [0.15, 0.2) is 24.8 Å². The van der Waals surface area contributed by atoms with Gasteiger partial charge in [0.25, 0.3) is 0 Å². The Morgan fingerprint density at radius 2 is 2.33 bits per heavy atom. The van der Waals surface area contributed by atoms with E-state index in [-0.39, 0.29) is 0 Å². The van der Waals surface area contributed by atoms with Crippen LogP contribution in [0.3, 0.4) is 0 Å². The molecule has 1 aromatic heterocycles. The number of aromatic nitrogens is 1. The lowest BCUT2D eigenvalue weighted by Crippen LogP contribution is -1.70. The molecular weight excluding hydrogens is 166 g/mol. The summed E-state index contributed by atoms with van der Waals surface area (Å²) in [5.41, 5.74) is 2.35. The molecule has 0 aliphatic rings. The zero-order valence-electron chi connectivity index (χ0n) is 6.87. The van der Waals surface area contributed by atoms with Gasteiger partial charge in [-0.05, 0) is 30.7 Å². The maximum Gasteiger partial charge on any atom is 0.116 e. The molecule has 0 bridgehead atoms. The number of fused-ring (bicyclic) bond motifs is 1. The largest absolute Gasteiger partial charge is 0.237 e. The van der Waals surface area contributed by atoms with Crippen molar-refractivity contribution in [3.63, 3.8) is 0 Å². The second-order valence-electron chi connectivity index (χ2n) is 2.73. The van der Waals surface area contributed by atoms with E-state index < -0.39 is 0 Å². The maximum atomic E-state index is 4.37. The van der Waals surface area contributed by atoms with Crippen LogP contribution in [0.1, 0.15) is 10.6 Å². The Kier molecular flexibility index (Phi) is 1.70. The number of hydrogen-bond acceptors (Lipinski definition) is 2. The van der Waals surface area contributed by atoms with E-state index in [4.69, 9.17) is 0 Å². The van der Waals surface area contributed by atoms with Crippen molar-refractivity contribution in [2.24, 2.45) is 0 Å². The topological polar surface area (TPSA) is 12.9 Å². The second-order valence-corrected chi connectivity index (χ2v) is 3.79. The van der Waals surface area contributed by atoms with Crippen LogP contribution >= 0.6 is 11.3 Å². The first-order valence-electron chi connectivity index (χ1n) is 3.79. The second kappa shape index (κ2) is 2.72. The van der Waals surface area contributed by atoms with Gasteiger partial charge in [0.1, 0.15) is 5.01 Å². The fraction of sp³-hybridized carbons (Fsp3) is 0.100. The Morgan fingerprint density at radius 1 is 1.50 bits per heavy atom. The summed E-state index contributed by atoms with van der Waals surface area (Å²) in [6, 6.07) is 6.28. The minimum atomic E-state index is 0.996. The summed E-state index contributed by atoms with van der Waals surface area (Å²) in [5.74, 6) is 0. The molecule has 2 rings (SSSR count). The molecule has 0 spiro atoms. The number of hydrogen-bond donors (Lipinski definition) is 0. The van der Waals surface area contributed by atoms with Gasteiger partial charge in [0.15, 0.2) is 0 Å². The monoisotopic (exact) mass is 175 g/mol. The molecule has 12 heavy (non-hydrogen) atoms. The lowest BCUT2D eigenvalue weighted by atomic mass is 10.2. The zero-order chi connectivity index (χ0) is 8.55. The van der Waals surface area contributed by atoms with E-state index in [1.807, 2.05) is 6.07 Å². The molecule has 2 heteroatoms. The average molecular weight is 175 g/mol. The number of benzene rings is 1. The van der Waals surface area contributed by atoms with Crippen molar-refractivity contribution in [1.82, 2.24) is 4.98 Å². The summed E-state index contributed by atoms with van der Waals surface area (Å²) in [6.45, 7) is 5.79. The van der Waals surface area contributed by atoms with Crippen LogP contribution in [0.25, 0.3) is 16.3 Å². The highest BCUT2D eigenvalue weighted by molar-refractivity contribution is 7.19. The number of aryl methyl sites for hydroxylation is 1. The molecule has 0 N–H and O–H groups in total. The summed E-state index contributed by atoms with van der Waals surface area (Å²) in [4.78, 5) is 4.37. The smallest absolute Gasteiger partial charge is 0.116 e. The summed E-state index contributed by atoms with van der Waals surface area (Å²) < 4.78 is 1.24. The predicted octanol–water partition coefficient (Wildman–Crippen LogP) is 3.25. The number of rotatable bonds is 1.